The third kappa shape index (κ3) is 2.12. The van der Waals surface area contributed by atoms with Crippen LogP contribution in [0.25, 0.3) is 0 Å². The summed E-state index contributed by atoms with van der Waals surface area (Å²) in [4.78, 5) is 3.84. The molecule has 1 heterocycles. The number of halogens is 2. The number of aromatic nitrogens is 1. The smallest absolute Gasteiger partial charge is 0.238 e. The minimum atomic E-state index is -3.51. The van der Waals surface area contributed by atoms with Gasteiger partial charge in [0.25, 0.3) is 0 Å². The highest BCUT2D eigenvalue weighted by atomic mass is 35.7. The molecule has 0 aromatic carbocycles. The lowest BCUT2D eigenvalue weighted by atomic mass is 10.1. The molecule has 82 valence electrons. The van der Waals surface area contributed by atoms with Gasteiger partial charge in [-0.05, 0) is 30.9 Å². The maximum absolute atomic E-state index is 11.3. The first kappa shape index (κ1) is 11.2. The zero-order chi connectivity index (χ0) is 11.1. The SMILES string of the molecule is O=S(=O)(Cl)C1(Cc2ccncc2Cl)CC1. The topological polar surface area (TPSA) is 47.0 Å². The van der Waals surface area contributed by atoms with Crippen molar-refractivity contribution in [3.63, 3.8) is 0 Å². The summed E-state index contributed by atoms with van der Waals surface area (Å²) in [6, 6.07) is 1.73. The van der Waals surface area contributed by atoms with Crippen LogP contribution in [0.2, 0.25) is 5.02 Å². The number of hydrogen-bond acceptors (Lipinski definition) is 3. The van der Waals surface area contributed by atoms with Gasteiger partial charge < -0.3 is 0 Å². The van der Waals surface area contributed by atoms with Gasteiger partial charge in [0, 0.05) is 23.1 Å². The average Bonchev–Trinajstić information content (AvgIpc) is 2.89. The molecule has 0 unspecified atom stereocenters. The number of rotatable bonds is 3. The summed E-state index contributed by atoms with van der Waals surface area (Å²) in [7, 11) is 1.89. The van der Waals surface area contributed by atoms with E-state index < -0.39 is 13.8 Å². The van der Waals surface area contributed by atoms with Crippen LogP contribution in [0.15, 0.2) is 18.5 Å². The van der Waals surface area contributed by atoms with E-state index >= 15 is 0 Å². The van der Waals surface area contributed by atoms with Gasteiger partial charge in [-0.2, -0.15) is 0 Å². The number of hydrogen-bond donors (Lipinski definition) is 0. The maximum Gasteiger partial charge on any atom is 0.238 e. The Morgan fingerprint density at radius 2 is 2.13 bits per heavy atom. The van der Waals surface area contributed by atoms with E-state index in [1.807, 2.05) is 0 Å². The Labute approximate surface area is 97.8 Å². The highest BCUT2D eigenvalue weighted by Crippen LogP contribution is 2.48. The summed E-state index contributed by atoms with van der Waals surface area (Å²) in [5.41, 5.74) is 0.786. The van der Waals surface area contributed by atoms with E-state index in [0.717, 1.165) is 5.56 Å². The number of pyridine rings is 1. The minimum absolute atomic E-state index is 0.375. The first-order valence-electron chi connectivity index (χ1n) is 4.47. The van der Waals surface area contributed by atoms with Gasteiger partial charge in [-0.15, -0.1) is 0 Å². The van der Waals surface area contributed by atoms with Crippen LogP contribution in [0.4, 0.5) is 0 Å². The highest BCUT2D eigenvalue weighted by Gasteiger charge is 2.53. The molecule has 2 rings (SSSR count). The standard InChI is InChI=1S/C9H9Cl2NO2S/c10-8-6-12-4-1-7(8)5-9(2-3-9)15(11,13)14/h1,4,6H,2-3,5H2. The Balaban J connectivity index is 2.28. The van der Waals surface area contributed by atoms with Gasteiger partial charge in [0.05, 0.1) is 9.77 Å². The second-order valence-electron chi connectivity index (χ2n) is 3.76. The number of nitrogens with zero attached hydrogens (tertiary/aromatic N) is 1. The van der Waals surface area contributed by atoms with Crippen molar-refractivity contribution >= 4 is 31.3 Å². The molecule has 15 heavy (non-hydrogen) atoms. The van der Waals surface area contributed by atoms with Crippen LogP contribution in [0.5, 0.6) is 0 Å². The molecule has 0 amide bonds. The summed E-state index contributed by atoms with van der Waals surface area (Å²) in [6.07, 6.45) is 4.70. The molecule has 1 aliphatic carbocycles. The van der Waals surface area contributed by atoms with E-state index in [0.29, 0.717) is 24.3 Å². The lowest BCUT2D eigenvalue weighted by molar-refractivity contribution is 0.590. The van der Waals surface area contributed by atoms with Crippen LogP contribution in [-0.2, 0) is 15.5 Å². The maximum atomic E-state index is 11.3. The molecule has 3 nitrogen and oxygen atoms in total. The fourth-order valence-corrected chi connectivity index (χ4v) is 3.27. The summed E-state index contributed by atoms with van der Waals surface area (Å²) >= 11 is 5.91. The van der Waals surface area contributed by atoms with E-state index in [-0.39, 0.29) is 0 Å². The molecule has 0 N–H and O–H groups in total. The molecule has 0 bridgehead atoms. The van der Waals surface area contributed by atoms with Crippen molar-refractivity contribution in [2.24, 2.45) is 0 Å². The van der Waals surface area contributed by atoms with Gasteiger partial charge in [-0.3, -0.25) is 4.98 Å². The molecule has 0 saturated heterocycles. The normalized spacial score (nSPS) is 18.8. The van der Waals surface area contributed by atoms with Crippen LogP contribution in [0, 0.1) is 0 Å². The van der Waals surface area contributed by atoms with Gasteiger partial charge in [0.15, 0.2) is 0 Å². The third-order valence-electron chi connectivity index (χ3n) is 2.69. The lowest BCUT2D eigenvalue weighted by Gasteiger charge is -2.11. The van der Waals surface area contributed by atoms with Gasteiger partial charge >= 0.3 is 0 Å². The molecule has 1 saturated carbocycles. The molecule has 1 aromatic rings. The van der Waals surface area contributed by atoms with Crippen LogP contribution in [-0.4, -0.2) is 18.1 Å². The Morgan fingerprint density at radius 3 is 2.60 bits per heavy atom. The Hall–Kier alpha value is -0.320. The molecule has 0 aliphatic heterocycles. The van der Waals surface area contributed by atoms with E-state index in [1.54, 1.807) is 12.3 Å². The predicted octanol–water partition coefficient (Wildman–Crippen LogP) is 2.38. The largest absolute Gasteiger partial charge is 0.263 e. The predicted molar refractivity (Wildman–Crippen MR) is 59.7 cm³/mol. The zero-order valence-electron chi connectivity index (χ0n) is 7.78. The molecule has 1 fully saturated rings. The van der Waals surface area contributed by atoms with Crippen molar-refractivity contribution in [2.45, 2.75) is 24.0 Å². The summed E-state index contributed by atoms with van der Waals surface area (Å²) < 4.78 is 21.9. The Bertz CT molecular complexity index is 483. The lowest BCUT2D eigenvalue weighted by Crippen LogP contribution is -2.21. The first-order valence-corrected chi connectivity index (χ1v) is 7.16. The van der Waals surface area contributed by atoms with Crippen LogP contribution in [0.3, 0.4) is 0 Å². The fourth-order valence-electron chi connectivity index (χ4n) is 1.54. The van der Waals surface area contributed by atoms with E-state index in [9.17, 15) is 8.42 Å². The van der Waals surface area contributed by atoms with Crippen molar-refractivity contribution in [1.82, 2.24) is 4.98 Å². The van der Waals surface area contributed by atoms with Crippen molar-refractivity contribution < 1.29 is 8.42 Å². The summed E-state index contributed by atoms with van der Waals surface area (Å²) in [6.45, 7) is 0. The van der Waals surface area contributed by atoms with E-state index in [2.05, 4.69) is 4.98 Å². The molecular weight excluding hydrogens is 257 g/mol. The molecule has 6 heteroatoms. The second kappa shape index (κ2) is 3.61. The van der Waals surface area contributed by atoms with Crippen molar-refractivity contribution in [3.05, 3.63) is 29.0 Å². The van der Waals surface area contributed by atoms with Gasteiger partial charge in [-0.1, -0.05) is 11.6 Å². The Morgan fingerprint density at radius 1 is 1.47 bits per heavy atom. The molecule has 1 aliphatic rings. The van der Waals surface area contributed by atoms with E-state index in [1.165, 1.54) is 6.20 Å². The third-order valence-corrected chi connectivity index (χ3v) is 5.60. The summed E-state index contributed by atoms with van der Waals surface area (Å²) in [5, 5.41) is 0.490. The highest BCUT2D eigenvalue weighted by molar-refractivity contribution is 8.15. The quantitative estimate of drug-likeness (QED) is 0.789. The van der Waals surface area contributed by atoms with Crippen LogP contribution in [0.1, 0.15) is 18.4 Å². The molecule has 0 radical (unpaired) electrons. The summed E-state index contributed by atoms with van der Waals surface area (Å²) in [5.74, 6) is 0. The average molecular weight is 266 g/mol. The first-order chi connectivity index (χ1) is 6.95. The zero-order valence-corrected chi connectivity index (χ0v) is 10.1. The van der Waals surface area contributed by atoms with Gasteiger partial charge in [-0.25, -0.2) is 8.42 Å². The molecule has 1 aromatic heterocycles. The second-order valence-corrected chi connectivity index (χ2v) is 7.13. The minimum Gasteiger partial charge on any atom is -0.263 e. The van der Waals surface area contributed by atoms with E-state index in [4.69, 9.17) is 22.3 Å². The van der Waals surface area contributed by atoms with Crippen LogP contribution < -0.4 is 0 Å². The fraction of sp³-hybridized carbons (Fsp3) is 0.444. The van der Waals surface area contributed by atoms with Crippen molar-refractivity contribution in [1.29, 1.82) is 0 Å². The Kier molecular flexibility index (Phi) is 2.69. The molecular formula is C9H9Cl2NO2S. The molecule has 0 atom stereocenters. The van der Waals surface area contributed by atoms with Crippen molar-refractivity contribution in [2.75, 3.05) is 0 Å². The molecule has 0 spiro atoms. The van der Waals surface area contributed by atoms with Crippen molar-refractivity contribution in [3.8, 4) is 0 Å². The van der Waals surface area contributed by atoms with Gasteiger partial charge in [0.2, 0.25) is 9.05 Å². The van der Waals surface area contributed by atoms with Crippen LogP contribution >= 0.6 is 22.3 Å². The monoisotopic (exact) mass is 265 g/mol. The van der Waals surface area contributed by atoms with Gasteiger partial charge in [0.1, 0.15) is 0 Å².